The number of para-hydroxylation sites is 2. The van der Waals surface area contributed by atoms with E-state index in [-0.39, 0.29) is 6.10 Å². The van der Waals surface area contributed by atoms with Crippen LogP contribution >= 0.6 is 0 Å². The first-order valence-corrected chi connectivity index (χ1v) is 7.01. The van der Waals surface area contributed by atoms with E-state index in [2.05, 4.69) is 0 Å². The third-order valence-corrected chi connectivity index (χ3v) is 3.10. The highest BCUT2D eigenvalue weighted by Gasteiger charge is 2.15. The van der Waals surface area contributed by atoms with Crippen LogP contribution in [0.4, 0.5) is 0 Å². The van der Waals surface area contributed by atoms with Crippen LogP contribution in [0.1, 0.15) is 18.6 Å². The second-order valence-corrected chi connectivity index (χ2v) is 4.50. The summed E-state index contributed by atoms with van der Waals surface area (Å²) in [5.74, 6) is 2.20. The average Bonchev–Trinajstić information content (AvgIpc) is 2.54. The number of hydrogen-bond donors (Lipinski definition) is 1. The molecule has 4 nitrogen and oxygen atoms in total. The van der Waals surface area contributed by atoms with Crippen molar-refractivity contribution in [1.82, 2.24) is 0 Å². The number of hydrogen-bond acceptors (Lipinski definition) is 4. The predicted molar refractivity (Wildman–Crippen MR) is 83.0 cm³/mol. The first kappa shape index (κ1) is 15.2. The summed E-state index contributed by atoms with van der Waals surface area (Å²) in [6.07, 6.45) is -0.248. The Bertz CT molecular complexity index is 571. The summed E-state index contributed by atoms with van der Waals surface area (Å²) in [5.41, 5.74) is 6.84. The molecule has 0 aliphatic carbocycles. The fourth-order valence-electron chi connectivity index (χ4n) is 2.07. The average molecular weight is 287 g/mol. The lowest BCUT2D eigenvalue weighted by molar-refractivity contribution is 0.200. The number of benzene rings is 2. The van der Waals surface area contributed by atoms with Gasteiger partial charge in [0.25, 0.3) is 0 Å². The number of nitrogens with two attached hydrogens (primary N) is 1. The molecule has 0 spiro atoms. The van der Waals surface area contributed by atoms with Crippen LogP contribution in [0.3, 0.4) is 0 Å². The molecule has 21 heavy (non-hydrogen) atoms. The molecule has 0 radical (unpaired) electrons. The Hall–Kier alpha value is -2.20. The van der Waals surface area contributed by atoms with Crippen LogP contribution < -0.4 is 19.9 Å². The smallest absolute Gasteiger partial charge is 0.162 e. The van der Waals surface area contributed by atoms with Gasteiger partial charge in [0.1, 0.15) is 11.9 Å². The van der Waals surface area contributed by atoms with Crippen molar-refractivity contribution >= 4 is 0 Å². The van der Waals surface area contributed by atoms with Gasteiger partial charge in [-0.1, -0.05) is 24.3 Å². The van der Waals surface area contributed by atoms with Crippen molar-refractivity contribution < 1.29 is 14.2 Å². The van der Waals surface area contributed by atoms with Gasteiger partial charge in [0.2, 0.25) is 0 Å². The second-order valence-electron chi connectivity index (χ2n) is 4.50. The molecule has 2 aromatic rings. The molecule has 2 N–H and O–H groups in total. The number of ether oxygens (including phenoxy) is 3. The molecule has 2 rings (SSSR count). The van der Waals surface area contributed by atoms with Gasteiger partial charge in [-0.25, -0.2) is 0 Å². The highest BCUT2D eigenvalue weighted by atomic mass is 16.5. The van der Waals surface area contributed by atoms with Gasteiger partial charge in [0.05, 0.1) is 13.7 Å². The fraction of sp³-hybridized carbons (Fsp3) is 0.294. The van der Waals surface area contributed by atoms with Crippen LogP contribution in [0.2, 0.25) is 0 Å². The van der Waals surface area contributed by atoms with E-state index < -0.39 is 0 Å². The molecule has 0 fully saturated rings. The van der Waals surface area contributed by atoms with Crippen molar-refractivity contribution in [3.05, 3.63) is 54.1 Å². The SMILES string of the molecule is CCOc1ccccc1OC(CN)c1cccc(OC)c1. The minimum Gasteiger partial charge on any atom is -0.497 e. The Morgan fingerprint density at radius 1 is 1.05 bits per heavy atom. The summed E-state index contributed by atoms with van der Waals surface area (Å²) in [6, 6.07) is 15.3. The lowest BCUT2D eigenvalue weighted by Gasteiger charge is -2.20. The topological polar surface area (TPSA) is 53.7 Å². The minimum absolute atomic E-state index is 0.248. The van der Waals surface area contributed by atoms with Crippen molar-refractivity contribution in [3.8, 4) is 17.2 Å². The van der Waals surface area contributed by atoms with Gasteiger partial charge in [-0.05, 0) is 36.8 Å². The standard InChI is InChI=1S/C17H21NO3/c1-3-20-15-9-4-5-10-16(15)21-17(12-18)13-7-6-8-14(11-13)19-2/h4-11,17H,3,12,18H2,1-2H3. The Morgan fingerprint density at radius 2 is 1.81 bits per heavy atom. The molecule has 0 heterocycles. The van der Waals surface area contributed by atoms with Crippen LogP contribution in [-0.4, -0.2) is 20.3 Å². The Morgan fingerprint density at radius 3 is 2.48 bits per heavy atom. The quantitative estimate of drug-likeness (QED) is 0.850. The van der Waals surface area contributed by atoms with Gasteiger partial charge < -0.3 is 19.9 Å². The summed E-state index contributed by atoms with van der Waals surface area (Å²) in [4.78, 5) is 0. The van der Waals surface area contributed by atoms with Gasteiger partial charge in [-0.15, -0.1) is 0 Å². The third-order valence-electron chi connectivity index (χ3n) is 3.10. The van der Waals surface area contributed by atoms with E-state index in [4.69, 9.17) is 19.9 Å². The number of rotatable bonds is 7. The van der Waals surface area contributed by atoms with Crippen LogP contribution in [-0.2, 0) is 0 Å². The van der Waals surface area contributed by atoms with Gasteiger partial charge in [-0.3, -0.25) is 0 Å². The molecule has 0 aromatic heterocycles. The van der Waals surface area contributed by atoms with Crippen LogP contribution in [0, 0.1) is 0 Å². The van der Waals surface area contributed by atoms with Crippen LogP contribution in [0.25, 0.3) is 0 Å². The van der Waals surface area contributed by atoms with E-state index in [1.54, 1.807) is 7.11 Å². The molecular weight excluding hydrogens is 266 g/mol. The van der Waals surface area contributed by atoms with Crippen molar-refractivity contribution in [3.63, 3.8) is 0 Å². The minimum atomic E-state index is -0.248. The molecular formula is C17H21NO3. The molecule has 0 bridgehead atoms. The van der Waals surface area contributed by atoms with E-state index >= 15 is 0 Å². The van der Waals surface area contributed by atoms with Crippen molar-refractivity contribution in [1.29, 1.82) is 0 Å². The molecule has 2 aromatic carbocycles. The highest BCUT2D eigenvalue weighted by Crippen LogP contribution is 2.31. The fourth-order valence-corrected chi connectivity index (χ4v) is 2.07. The van der Waals surface area contributed by atoms with Crippen molar-refractivity contribution in [2.45, 2.75) is 13.0 Å². The molecule has 4 heteroatoms. The Kier molecular flexibility index (Phi) is 5.46. The maximum absolute atomic E-state index is 6.03. The summed E-state index contributed by atoms with van der Waals surface area (Å²) in [5, 5.41) is 0. The zero-order valence-electron chi connectivity index (χ0n) is 12.4. The summed E-state index contributed by atoms with van der Waals surface area (Å²) < 4.78 is 16.8. The van der Waals surface area contributed by atoms with E-state index in [1.807, 2.05) is 55.5 Å². The molecule has 112 valence electrons. The molecule has 0 aliphatic rings. The molecule has 0 saturated heterocycles. The van der Waals surface area contributed by atoms with E-state index in [0.717, 1.165) is 17.1 Å². The van der Waals surface area contributed by atoms with E-state index in [1.165, 1.54) is 0 Å². The number of methoxy groups -OCH3 is 1. The lowest BCUT2D eigenvalue weighted by atomic mass is 10.1. The van der Waals surface area contributed by atoms with Gasteiger partial charge in [0.15, 0.2) is 11.5 Å². The maximum atomic E-state index is 6.03. The lowest BCUT2D eigenvalue weighted by Crippen LogP contribution is -2.18. The monoisotopic (exact) mass is 287 g/mol. The first-order valence-electron chi connectivity index (χ1n) is 7.01. The van der Waals surface area contributed by atoms with Gasteiger partial charge >= 0.3 is 0 Å². The Balaban J connectivity index is 2.22. The molecule has 0 aliphatic heterocycles. The van der Waals surface area contributed by atoms with E-state index in [0.29, 0.717) is 18.9 Å². The second kappa shape index (κ2) is 7.55. The first-order chi connectivity index (χ1) is 10.3. The molecule has 0 amide bonds. The summed E-state index contributed by atoms with van der Waals surface area (Å²) >= 11 is 0. The normalized spacial score (nSPS) is 11.8. The van der Waals surface area contributed by atoms with Gasteiger partial charge in [-0.2, -0.15) is 0 Å². The zero-order chi connectivity index (χ0) is 15.1. The third kappa shape index (κ3) is 3.89. The van der Waals surface area contributed by atoms with Crippen molar-refractivity contribution in [2.24, 2.45) is 5.73 Å². The van der Waals surface area contributed by atoms with Gasteiger partial charge in [0, 0.05) is 6.54 Å². The predicted octanol–water partition coefficient (Wildman–Crippen LogP) is 3.17. The molecule has 0 saturated carbocycles. The van der Waals surface area contributed by atoms with Crippen LogP contribution in [0.5, 0.6) is 17.2 Å². The Labute approximate surface area is 125 Å². The maximum Gasteiger partial charge on any atom is 0.162 e. The largest absolute Gasteiger partial charge is 0.497 e. The van der Waals surface area contributed by atoms with Crippen LogP contribution in [0.15, 0.2) is 48.5 Å². The van der Waals surface area contributed by atoms with E-state index in [9.17, 15) is 0 Å². The summed E-state index contributed by atoms with van der Waals surface area (Å²) in [6.45, 7) is 2.90. The molecule has 1 unspecified atom stereocenters. The zero-order valence-corrected chi connectivity index (χ0v) is 12.4. The summed E-state index contributed by atoms with van der Waals surface area (Å²) in [7, 11) is 1.64. The highest BCUT2D eigenvalue weighted by molar-refractivity contribution is 5.40. The molecule has 1 atom stereocenters. The van der Waals surface area contributed by atoms with Crippen molar-refractivity contribution in [2.75, 3.05) is 20.3 Å².